The number of amides is 2. The van der Waals surface area contributed by atoms with Crippen molar-refractivity contribution >= 4 is 34.2 Å². The summed E-state index contributed by atoms with van der Waals surface area (Å²) in [6, 6.07) is 14.8. The molecule has 164 valence electrons. The van der Waals surface area contributed by atoms with Gasteiger partial charge < -0.3 is 25.1 Å². The standard InChI is InChI=1S/C24H23ClN4O3/c1-31-22-11-23(32-2)21(10-19(22)25)29-24(30)28-13-17(15-6-5-9-26-12-15)18-14-27-20-8-4-3-7-16(18)20/h3-12,14,17,27H,13H2,1-2H3,(H2,28,29,30). The third-order valence-corrected chi connectivity index (χ3v) is 5.57. The van der Waals surface area contributed by atoms with E-state index in [2.05, 4.69) is 26.7 Å². The van der Waals surface area contributed by atoms with Gasteiger partial charge in [-0.25, -0.2) is 4.79 Å². The molecule has 0 aliphatic heterocycles. The molecule has 0 aliphatic rings. The number of carbonyl (C=O) groups excluding carboxylic acids is 1. The number of hydrogen-bond donors (Lipinski definition) is 3. The van der Waals surface area contributed by atoms with Crippen molar-refractivity contribution in [2.75, 3.05) is 26.1 Å². The fourth-order valence-corrected chi connectivity index (χ4v) is 3.93. The molecule has 0 fully saturated rings. The number of pyridine rings is 1. The molecule has 4 aromatic rings. The average Bonchev–Trinajstić information content (AvgIpc) is 3.24. The Morgan fingerprint density at radius 3 is 2.69 bits per heavy atom. The van der Waals surface area contributed by atoms with Gasteiger partial charge in [0.25, 0.3) is 0 Å². The van der Waals surface area contributed by atoms with E-state index in [1.54, 1.807) is 18.3 Å². The van der Waals surface area contributed by atoms with Crippen molar-refractivity contribution in [1.82, 2.24) is 15.3 Å². The van der Waals surface area contributed by atoms with Gasteiger partial charge in [0.15, 0.2) is 0 Å². The Kier molecular flexibility index (Phi) is 6.47. The molecule has 32 heavy (non-hydrogen) atoms. The lowest BCUT2D eigenvalue weighted by Crippen LogP contribution is -2.32. The number of urea groups is 1. The van der Waals surface area contributed by atoms with E-state index in [1.165, 1.54) is 14.2 Å². The van der Waals surface area contributed by atoms with E-state index in [4.69, 9.17) is 21.1 Å². The lowest BCUT2D eigenvalue weighted by Gasteiger charge is -2.19. The SMILES string of the molecule is COc1cc(OC)c(NC(=O)NCC(c2cccnc2)c2c[nH]c3ccccc23)cc1Cl. The summed E-state index contributed by atoms with van der Waals surface area (Å²) in [5.41, 5.74) is 3.57. The summed E-state index contributed by atoms with van der Waals surface area (Å²) in [5.74, 6) is 0.819. The van der Waals surface area contributed by atoms with Gasteiger partial charge in [-0.2, -0.15) is 0 Å². The van der Waals surface area contributed by atoms with E-state index in [-0.39, 0.29) is 11.9 Å². The molecule has 2 aromatic heterocycles. The Balaban J connectivity index is 1.55. The van der Waals surface area contributed by atoms with E-state index in [0.717, 1.165) is 22.0 Å². The highest BCUT2D eigenvalue weighted by Gasteiger charge is 2.20. The lowest BCUT2D eigenvalue weighted by molar-refractivity contribution is 0.251. The van der Waals surface area contributed by atoms with Crippen molar-refractivity contribution in [1.29, 1.82) is 0 Å². The highest BCUT2D eigenvalue weighted by molar-refractivity contribution is 6.32. The molecule has 2 amide bonds. The van der Waals surface area contributed by atoms with Gasteiger partial charge in [-0.05, 0) is 29.3 Å². The van der Waals surface area contributed by atoms with Crippen LogP contribution in [0.25, 0.3) is 10.9 Å². The maximum atomic E-state index is 12.7. The second kappa shape index (κ2) is 9.62. The molecule has 0 saturated carbocycles. The third kappa shape index (κ3) is 4.48. The van der Waals surface area contributed by atoms with Crippen molar-refractivity contribution in [2.24, 2.45) is 0 Å². The molecule has 0 saturated heterocycles. The van der Waals surface area contributed by atoms with Crippen LogP contribution in [0.15, 0.2) is 67.1 Å². The zero-order valence-corrected chi connectivity index (χ0v) is 18.4. The fourth-order valence-electron chi connectivity index (χ4n) is 3.69. The summed E-state index contributed by atoms with van der Waals surface area (Å²) in [6.07, 6.45) is 5.53. The normalized spacial score (nSPS) is 11.7. The van der Waals surface area contributed by atoms with E-state index in [9.17, 15) is 4.79 Å². The van der Waals surface area contributed by atoms with E-state index in [0.29, 0.717) is 28.8 Å². The zero-order chi connectivity index (χ0) is 22.5. The van der Waals surface area contributed by atoms with Crippen LogP contribution in [0, 0.1) is 0 Å². The third-order valence-electron chi connectivity index (χ3n) is 5.27. The Labute approximate surface area is 190 Å². The number of para-hydroxylation sites is 1. The summed E-state index contributed by atoms with van der Waals surface area (Å²) in [5, 5.41) is 7.24. The predicted octanol–water partition coefficient (Wildman–Crippen LogP) is 5.19. The zero-order valence-electron chi connectivity index (χ0n) is 17.7. The van der Waals surface area contributed by atoms with Crippen LogP contribution < -0.4 is 20.1 Å². The Morgan fingerprint density at radius 2 is 1.94 bits per heavy atom. The molecular weight excluding hydrogens is 428 g/mol. The highest BCUT2D eigenvalue weighted by Crippen LogP contribution is 2.36. The quantitative estimate of drug-likeness (QED) is 0.361. The molecule has 1 unspecified atom stereocenters. The maximum Gasteiger partial charge on any atom is 0.319 e. The fraction of sp³-hybridized carbons (Fsp3) is 0.167. The number of carbonyl (C=O) groups is 1. The number of aromatic amines is 1. The molecule has 8 heteroatoms. The first-order chi connectivity index (χ1) is 15.6. The minimum atomic E-state index is -0.377. The molecular formula is C24H23ClN4O3. The van der Waals surface area contributed by atoms with E-state index < -0.39 is 0 Å². The number of nitrogens with zero attached hydrogens (tertiary/aromatic N) is 1. The number of nitrogens with one attached hydrogen (secondary N) is 3. The molecule has 7 nitrogen and oxygen atoms in total. The second-order valence-electron chi connectivity index (χ2n) is 7.15. The number of fused-ring (bicyclic) bond motifs is 1. The molecule has 0 bridgehead atoms. The summed E-state index contributed by atoms with van der Waals surface area (Å²) < 4.78 is 10.6. The Hall–Kier alpha value is -3.71. The summed E-state index contributed by atoms with van der Waals surface area (Å²) in [6.45, 7) is 0.367. The summed E-state index contributed by atoms with van der Waals surface area (Å²) in [4.78, 5) is 20.3. The lowest BCUT2D eigenvalue weighted by atomic mass is 9.92. The summed E-state index contributed by atoms with van der Waals surface area (Å²) in [7, 11) is 3.03. The van der Waals surface area contributed by atoms with E-state index >= 15 is 0 Å². The maximum absolute atomic E-state index is 12.7. The largest absolute Gasteiger partial charge is 0.495 e. The molecule has 0 radical (unpaired) electrons. The van der Waals surface area contributed by atoms with Gasteiger partial charge in [-0.1, -0.05) is 35.9 Å². The minimum Gasteiger partial charge on any atom is -0.495 e. The molecule has 2 aromatic carbocycles. The highest BCUT2D eigenvalue weighted by atomic mass is 35.5. The van der Waals surface area contributed by atoms with Gasteiger partial charge in [0.1, 0.15) is 11.5 Å². The van der Waals surface area contributed by atoms with Crippen molar-refractivity contribution < 1.29 is 14.3 Å². The number of anilines is 1. The van der Waals surface area contributed by atoms with Crippen molar-refractivity contribution in [3.05, 3.63) is 83.3 Å². The number of hydrogen-bond acceptors (Lipinski definition) is 4. The van der Waals surface area contributed by atoms with Crippen molar-refractivity contribution in [3.8, 4) is 11.5 Å². The van der Waals surface area contributed by atoms with Crippen LogP contribution in [-0.2, 0) is 0 Å². The average molecular weight is 451 g/mol. The Morgan fingerprint density at radius 1 is 1.12 bits per heavy atom. The van der Waals surface area contributed by atoms with Gasteiger partial charge in [0, 0.05) is 48.0 Å². The van der Waals surface area contributed by atoms with Gasteiger partial charge in [-0.15, -0.1) is 0 Å². The second-order valence-corrected chi connectivity index (χ2v) is 7.56. The number of halogens is 1. The molecule has 4 rings (SSSR count). The Bertz CT molecular complexity index is 1230. The molecule has 0 spiro atoms. The smallest absolute Gasteiger partial charge is 0.319 e. The van der Waals surface area contributed by atoms with Crippen LogP contribution in [0.4, 0.5) is 10.5 Å². The number of ether oxygens (including phenoxy) is 2. The molecule has 2 heterocycles. The van der Waals surface area contributed by atoms with Crippen molar-refractivity contribution in [3.63, 3.8) is 0 Å². The van der Waals surface area contributed by atoms with Gasteiger partial charge >= 0.3 is 6.03 Å². The number of benzene rings is 2. The van der Waals surface area contributed by atoms with E-state index in [1.807, 2.05) is 42.7 Å². The number of rotatable bonds is 7. The molecule has 1 atom stereocenters. The predicted molar refractivity (Wildman–Crippen MR) is 126 cm³/mol. The van der Waals surface area contributed by atoms with Crippen LogP contribution in [0.1, 0.15) is 17.0 Å². The van der Waals surface area contributed by atoms with Crippen LogP contribution in [-0.4, -0.2) is 36.8 Å². The van der Waals surface area contributed by atoms with Crippen molar-refractivity contribution in [2.45, 2.75) is 5.92 Å². The van der Waals surface area contributed by atoms with Crippen LogP contribution in [0.2, 0.25) is 5.02 Å². The minimum absolute atomic E-state index is 0.0908. The first-order valence-electron chi connectivity index (χ1n) is 10.0. The number of aromatic nitrogens is 2. The number of methoxy groups -OCH3 is 2. The van der Waals surface area contributed by atoms with Gasteiger partial charge in [0.2, 0.25) is 0 Å². The van der Waals surface area contributed by atoms with Crippen LogP contribution >= 0.6 is 11.6 Å². The van der Waals surface area contributed by atoms with Crippen LogP contribution in [0.5, 0.6) is 11.5 Å². The monoisotopic (exact) mass is 450 g/mol. The first kappa shape index (κ1) is 21.5. The topological polar surface area (TPSA) is 88.3 Å². The first-order valence-corrected chi connectivity index (χ1v) is 10.4. The van der Waals surface area contributed by atoms with Gasteiger partial charge in [0.05, 0.1) is 24.9 Å². The number of H-pyrrole nitrogens is 1. The summed E-state index contributed by atoms with van der Waals surface area (Å²) >= 11 is 6.21. The van der Waals surface area contributed by atoms with Crippen LogP contribution in [0.3, 0.4) is 0 Å². The van der Waals surface area contributed by atoms with Gasteiger partial charge in [-0.3, -0.25) is 4.98 Å². The molecule has 3 N–H and O–H groups in total. The molecule has 0 aliphatic carbocycles.